The van der Waals surface area contributed by atoms with Gasteiger partial charge in [0.05, 0.1) is 31.0 Å². The van der Waals surface area contributed by atoms with Gasteiger partial charge >= 0.3 is 6.09 Å². The minimum atomic E-state index is -0.586. The molecule has 2 aliphatic heterocycles. The number of cyclic esters (lactones) is 1. The highest BCUT2D eigenvalue weighted by Crippen LogP contribution is 2.28. The standard InChI is InChI=1S/C19H23FN6O5/c20-15-9-13(25-11-14(31-19(25)29)10-21-17-3-8-30-23-17)1-2-16(15)24-5-4-22-26(7-6-24)18(28)12-27/h1-3,8-9,14,22,27H,4-7,10-12H2,(H,21,23)/t14-/m0/s1. The second-order valence-corrected chi connectivity index (χ2v) is 7.12. The van der Waals surface area contributed by atoms with Crippen LogP contribution in [0.25, 0.3) is 0 Å². The van der Waals surface area contributed by atoms with Crippen molar-refractivity contribution >= 4 is 29.2 Å². The van der Waals surface area contributed by atoms with E-state index >= 15 is 0 Å². The lowest BCUT2D eigenvalue weighted by Gasteiger charge is -2.24. The van der Waals surface area contributed by atoms with Crippen LogP contribution in [-0.4, -0.2) is 79.3 Å². The third-order valence-corrected chi connectivity index (χ3v) is 5.12. The zero-order valence-electron chi connectivity index (χ0n) is 16.7. The Hall–Kier alpha value is -3.38. The van der Waals surface area contributed by atoms with Crippen LogP contribution >= 0.6 is 0 Å². The number of benzene rings is 1. The number of nitrogens with one attached hydrogen (secondary N) is 2. The molecule has 1 aromatic heterocycles. The predicted octanol–water partition coefficient (Wildman–Crippen LogP) is 0.396. The Morgan fingerprint density at radius 2 is 2.19 bits per heavy atom. The van der Waals surface area contributed by atoms with Gasteiger partial charge in [-0.15, -0.1) is 0 Å². The number of carbonyl (C=O) groups excluding carboxylic acids is 2. The van der Waals surface area contributed by atoms with Crippen molar-refractivity contribution in [1.29, 1.82) is 0 Å². The molecule has 12 heteroatoms. The maximum absolute atomic E-state index is 14.9. The molecule has 2 aromatic rings. The number of halogens is 1. The molecule has 0 bridgehead atoms. The Kier molecular flexibility index (Phi) is 6.18. The van der Waals surface area contributed by atoms with Crippen molar-refractivity contribution < 1.29 is 28.3 Å². The Morgan fingerprint density at radius 1 is 1.32 bits per heavy atom. The summed E-state index contributed by atoms with van der Waals surface area (Å²) in [4.78, 5) is 27.1. The average Bonchev–Trinajstić information content (AvgIpc) is 3.35. The lowest BCUT2D eigenvalue weighted by atomic mass is 10.2. The van der Waals surface area contributed by atoms with E-state index in [1.807, 2.05) is 4.90 Å². The molecule has 3 N–H and O–H groups in total. The van der Waals surface area contributed by atoms with E-state index in [9.17, 15) is 14.0 Å². The second kappa shape index (κ2) is 9.18. The topological polar surface area (TPSA) is 123 Å². The van der Waals surface area contributed by atoms with Crippen LogP contribution in [0.5, 0.6) is 0 Å². The number of amides is 2. The van der Waals surface area contributed by atoms with E-state index in [1.54, 1.807) is 18.2 Å². The quantitative estimate of drug-likeness (QED) is 0.593. The second-order valence-electron chi connectivity index (χ2n) is 7.12. The monoisotopic (exact) mass is 434 g/mol. The van der Waals surface area contributed by atoms with E-state index < -0.39 is 30.5 Å². The van der Waals surface area contributed by atoms with Crippen LogP contribution in [0.4, 0.5) is 26.4 Å². The molecular weight excluding hydrogens is 411 g/mol. The minimum absolute atomic E-state index is 0.272. The highest BCUT2D eigenvalue weighted by atomic mass is 19.1. The molecule has 0 spiro atoms. The van der Waals surface area contributed by atoms with Crippen LogP contribution < -0.4 is 20.5 Å². The number of hydrogen-bond donors (Lipinski definition) is 3. The molecule has 11 nitrogen and oxygen atoms in total. The number of nitrogens with zero attached hydrogens (tertiary/aromatic N) is 4. The van der Waals surface area contributed by atoms with Crippen molar-refractivity contribution in [2.24, 2.45) is 0 Å². The van der Waals surface area contributed by atoms with E-state index in [1.165, 1.54) is 22.2 Å². The van der Waals surface area contributed by atoms with Crippen molar-refractivity contribution in [3.05, 3.63) is 36.3 Å². The van der Waals surface area contributed by atoms with Gasteiger partial charge in [-0.25, -0.2) is 14.6 Å². The third kappa shape index (κ3) is 4.70. The molecule has 1 aromatic carbocycles. The van der Waals surface area contributed by atoms with Crippen molar-refractivity contribution in [1.82, 2.24) is 15.6 Å². The molecule has 4 rings (SSSR count). The number of aliphatic hydroxyl groups excluding tert-OH is 1. The number of aliphatic hydroxyl groups is 1. The molecule has 0 unspecified atom stereocenters. The third-order valence-electron chi connectivity index (χ3n) is 5.12. The fourth-order valence-corrected chi connectivity index (χ4v) is 3.55. The van der Waals surface area contributed by atoms with Crippen molar-refractivity contribution in [2.45, 2.75) is 6.10 Å². The van der Waals surface area contributed by atoms with Crippen LogP contribution in [0.2, 0.25) is 0 Å². The maximum Gasteiger partial charge on any atom is 0.414 e. The number of aromatic nitrogens is 1. The van der Waals surface area contributed by atoms with Gasteiger partial charge in [-0.2, -0.15) is 0 Å². The molecule has 0 saturated carbocycles. The van der Waals surface area contributed by atoms with E-state index in [0.717, 1.165) is 0 Å². The van der Waals surface area contributed by atoms with Crippen LogP contribution in [0, 0.1) is 5.82 Å². The smallest absolute Gasteiger partial charge is 0.414 e. The van der Waals surface area contributed by atoms with Gasteiger partial charge in [0.1, 0.15) is 24.8 Å². The van der Waals surface area contributed by atoms with Crippen LogP contribution in [0.15, 0.2) is 35.1 Å². The van der Waals surface area contributed by atoms with Crippen molar-refractivity contribution in [3.63, 3.8) is 0 Å². The summed E-state index contributed by atoms with van der Waals surface area (Å²) in [5.41, 5.74) is 3.69. The fraction of sp³-hybridized carbons (Fsp3) is 0.421. The van der Waals surface area contributed by atoms with Gasteiger partial charge < -0.3 is 24.6 Å². The maximum atomic E-state index is 14.9. The van der Waals surface area contributed by atoms with E-state index in [-0.39, 0.29) is 6.54 Å². The van der Waals surface area contributed by atoms with E-state index in [4.69, 9.17) is 14.4 Å². The van der Waals surface area contributed by atoms with Crippen molar-refractivity contribution in [2.75, 3.05) is 61.0 Å². The van der Waals surface area contributed by atoms with E-state index in [2.05, 4.69) is 15.9 Å². The van der Waals surface area contributed by atoms with Crippen LogP contribution in [0.1, 0.15) is 0 Å². The summed E-state index contributed by atoms with van der Waals surface area (Å²) >= 11 is 0. The molecule has 31 heavy (non-hydrogen) atoms. The number of hydrogen-bond acceptors (Lipinski definition) is 9. The summed E-state index contributed by atoms with van der Waals surface area (Å²) in [6, 6.07) is 6.24. The van der Waals surface area contributed by atoms with Crippen LogP contribution in [0.3, 0.4) is 0 Å². The number of ether oxygens (including phenoxy) is 1. The summed E-state index contributed by atoms with van der Waals surface area (Å²) in [6.45, 7) is 1.64. The molecular formula is C19H23FN6O5. The molecule has 166 valence electrons. The fourth-order valence-electron chi connectivity index (χ4n) is 3.55. The van der Waals surface area contributed by atoms with Crippen LogP contribution in [-0.2, 0) is 9.53 Å². The Morgan fingerprint density at radius 3 is 2.94 bits per heavy atom. The predicted molar refractivity (Wildman–Crippen MR) is 108 cm³/mol. The van der Waals surface area contributed by atoms with Gasteiger partial charge in [0, 0.05) is 25.7 Å². The summed E-state index contributed by atoms with van der Waals surface area (Å²) in [7, 11) is 0. The minimum Gasteiger partial charge on any atom is -0.442 e. The van der Waals surface area contributed by atoms with Gasteiger partial charge in [0.25, 0.3) is 5.91 Å². The molecule has 0 aliphatic carbocycles. The highest BCUT2D eigenvalue weighted by molar-refractivity contribution is 5.90. The summed E-state index contributed by atoms with van der Waals surface area (Å²) < 4.78 is 25.0. The van der Waals surface area contributed by atoms with Gasteiger partial charge in [-0.3, -0.25) is 14.7 Å². The van der Waals surface area contributed by atoms with E-state index in [0.29, 0.717) is 49.9 Å². The molecule has 3 heterocycles. The first-order valence-electron chi connectivity index (χ1n) is 9.87. The van der Waals surface area contributed by atoms with Gasteiger partial charge in [0.15, 0.2) is 5.82 Å². The molecule has 2 amide bonds. The zero-order chi connectivity index (χ0) is 21.8. The van der Waals surface area contributed by atoms with Gasteiger partial charge in [-0.05, 0) is 18.2 Å². The Balaban J connectivity index is 1.39. The number of hydrazine groups is 1. The molecule has 2 saturated heterocycles. The first kappa shape index (κ1) is 20.9. The van der Waals surface area contributed by atoms with Crippen molar-refractivity contribution in [3.8, 4) is 0 Å². The first-order chi connectivity index (χ1) is 15.0. The molecule has 1 atom stereocenters. The lowest BCUT2D eigenvalue weighted by molar-refractivity contribution is -0.136. The Labute approximate surface area is 177 Å². The lowest BCUT2D eigenvalue weighted by Crippen LogP contribution is -2.45. The van der Waals surface area contributed by atoms with Gasteiger partial charge in [0.2, 0.25) is 0 Å². The SMILES string of the molecule is O=C(CO)N1CCN(c2ccc(N3C[C@H](CNc4ccon4)OC3=O)cc2F)CCN1. The van der Waals surface area contributed by atoms with Gasteiger partial charge in [-0.1, -0.05) is 5.16 Å². The summed E-state index contributed by atoms with van der Waals surface area (Å²) in [6.07, 6.45) is 0.470. The Bertz CT molecular complexity index is 927. The normalized spacial score (nSPS) is 19.4. The number of carbonyl (C=O) groups is 2. The summed E-state index contributed by atoms with van der Waals surface area (Å²) in [5, 5.41) is 17.1. The highest BCUT2D eigenvalue weighted by Gasteiger charge is 2.33. The zero-order valence-corrected chi connectivity index (χ0v) is 16.7. The molecule has 0 radical (unpaired) electrons. The molecule has 2 aliphatic rings. The first-order valence-corrected chi connectivity index (χ1v) is 9.87. The summed E-state index contributed by atoms with van der Waals surface area (Å²) in [5.74, 6) is -0.370. The average molecular weight is 434 g/mol. The molecule has 2 fully saturated rings. The largest absolute Gasteiger partial charge is 0.442 e. The number of anilines is 3. The number of rotatable bonds is 6.